The van der Waals surface area contributed by atoms with Gasteiger partial charge in [0.25, 0.3) is 5.56 Å². The van der Waals surface area contributed by atoms with Crippen LogP contribution >= 0.6 is 0 Å². The third kappa shape index (κ3) is 3.75. The molecule has 1 N–H and O–H groups in total. The fraction of sp³-hybridized carbons (Fsp3) is 0.444. The molecular weight excluding hydrogens is 278 g/mol. The summed E-state index contributed by atoms with van der Waals surface area (Å²) in [7, 11) is 0. The molecular formula is C18H23NO3. The van der Waals surface area contributed by atoms with Crippen molar-refractivity contribution in [1.82, 2.24) is 4.98 Å². The van der Waals surface area contributed by atoms with Gasteiger partial charge >= 0.3 is 5.97 Å². The van der Waals surface area contributed by atoms with Crippen molar-refractivity contribution in [2.24, 2.45) is 0 Å². The van der Waals surface area contributed by atoms with Crippen LogP contribution in [-0.2, 0) is 11.2 Å². The van der Waals surface area contributed by atoms with Crippen molar-refractivity contribution < 1.29 is 9.53 Å². The normalized spacial score (nSPS) is 10.9. The molecule has 4 heteroatoms. The van der Waals surface area contributed by atoms with E-state index in [1.165, 1.54) is 19.8 Å². The van der Waals surface area contributed by atoms with Crippen LogP contribution in [0.4, 0.5) is 0 Å². The molecule has 1 aromatic heterocycles. The lowest BCUT2D eigenvalue weighted by Crippen LogP contribution is -2.15. The number of hydrogen-bond acceptors (Lipinski definition) is 3. The number of esters is 1. The fourth-order valence-electron chi connectivity index (χ4n) is 2.73. The second-order valence-corrected chi connectivity index (χ2v) is 5.67. The van der Waals surface area contributed by atoms with Gasteiger partial charge in [0.2, 0.25) is 0 Å². The molecule has 0 fully saturated rings. The van der Waals surface area contributed by atoms with Crippen molar-refractivity contribution in [2.75, 3.05) is 0 Å². The molecule has 22 heavy (non-hydrogen) atoms. The number of benzene rings is 1. The highest BCUT2D eigenvalue weighted by Crippen LogP contribution is 2.24. The Morgan fingerprint density at radius 1 is 1.23 bits per heavy atom. The molecule has 2 rings (SSSR count). The van der Waals surface area contributed by atoms with Crippen LogP contribution in [0.25, 0.3) is 10.9 Å². The van der Waals surface area contributed by atoms with Crippen LogP contribution in [0.1, 0.15) is 50.7 Å². The van der Waals surface area contributed by atoms with Crippen LogP contribution in [0.5, 0.6) is 5.75 Å². The van der Waals surface area contributed by atoms with Gasteiger partial charge in [0.05, 0.1) is 0 Å². The molecule has 0 atom stereocenters. The van der Waals surface area contributed by atoms with Gasteiger partial charge in [0, 0.05) is 23.4 Å². The largest absolute Gasteiger partial charge is 0.427 e. The third-order valence-corrected chi connectivity index (χ3v) is 3.91. The van der Waals surface area contributed by atoms with Crippen LogP contribution in [0.3, 0.4) is 0 Å². The van der Waals surface area contributed by atoms with Crippen LogP contribution in [0, 0.1) is 6.92 Å². The van der Waals surface area contributed by atoms with Crippen LogP contribution < -0.4 is 10.3 Å². The summed E-state index contributed by atoms with van der Waals surface area (Å²) in [5.41, 5.74) is 2.57. The van der Waals surface area contributed by atoms with Crippen molar-refractivity contribution in [3.63, 3.8) is 0 Å². The van der Waals surface area contributed by atoms with E-state index < -0.39 is 0 Å². The number of carbonyl (C=O) groups excluding carboxylic acids is 1. The molecule has 2 aromatic rings. The van der Waals surface area contributed by atoms with Gasteiger partial charge < -0.3 is 9.72 Å². The minimum Gasteiger partial charge on any atom is -0.427 e. The summed E-state index contributed by atoms with van der Waals surface area (Å²) >= 11 is 0. The summed E-state index contributed by atoms with van der Waals surface area (Å²) in [6.45, 7) is 5.51. The SMILES string of the molecule is CCCCCCc1c(C)c2cc(OC(C)=O)ccc2[nH]c1=O. The number of aromatic amines is 1. The molecule has 0 saturated heterocycles. The Hall–Kier alpha value is -2.10. The summed E-state index contributed by atoms with van der Waals surface area (Å²) < 4.78 is 5.13. The molecule has 0 amide bonds. The smallest absolute Gasteiger partial charge is 0.308 e. The monoisotopic (exact) mass is 301 g/mol. The third-order valence-electron chi connectivity index (χ3n) is 3.91. The van der Waals surface area contributed by atoms with Gasteiger partial charge in [-0.1, -0.05) is 26.2 Å². The summed E-state index contributed by atoms with van der Waals surface area (Å²) in [6.07, 6.45) is 5.32. The number of unbranched alkanes of at least 4 members (excludes halogenated alkanes) is 3. The van der Waals surface area contributed by atoms with E-state index in [0.29, 0.717) is 5.75 Å². The number of aryl methyl sites for hydroxylation is 1. The lowest BCUT2D eigenvalue weighted by Gasteiger charge is -2.10. The second kappa shape index (κ2) is 7.25. The maximum Gasteiger partial charge on any atom is 0.308 e. The Labute approximate surface area is 130 Å². The predicted molar refractivity (Wildman–Crippen MR) is 88.5 cm³/mol. The van der Waals surface area contributed by atoms with Gasteiger partial charge in [-0.25, -0.2) is 0 Å². The molecule has 1 heterocycles. The summed E-state index contributed by atoms with van der Waals surface area (Å²) in [6, 6.07) is 5.29. The van der Waals surface area contributed by atoms with Crippen molar-refractivity contribution in [3.05, 3.63) is 39.7 Å². The molecule has 1 aromatic carbocycles. The highest BCUT2D eigenvalue weighted by molar-refractivity contribution is 5.85. The molecule has 0 aliphatic heterocycles. The maximum atomic E-state index is 12.2. The lowest BCUT2D eigenvalue weighted by molar-refractivity contribution is -0.131. The number of H-pyrrole nitrogens is 1. The molecule has 0 spiro atoms. The van der Waals surface area contributed by atoms with E-state index in [0.717, 1.165) is 41.3 Å². The van der Waals surface area contributed by atoms with E-state index in [1.54, 1.807) is 12.1 Å². The topological polar surface area (TPSA) is 59.2 Å². The lowest BCUT2D eigenvalue weighted by atomic mass is 9.99. The van der Waals surface area contributed by atoms with Crippen LogP contribution in [0.2, 0.25) is 0 Å². The van der Waals surface area contributed by atoms with Crippen molar-refractivity contribution in [2.45, 2.75) is 52.9 Å². The Morgan fingerprint density at radius 3 is 2.68 bits per heavy atom. The zero-order chi connectivity index (χ0) is 16.1. The highest BCUT2D eigenvalue weighted by Gasteiger charge is 2.10. The van der Waals surface area contributed by atoms with Gasteiger partial charge in [-0.2, -0.15) is 0 Å². The van der Waals surface area contributed by atoms with Gasteiger partial charge in [0.15, 0.2) is 0 Å². The first kappa shape index (κ1) is 16.3. The van der Waals surface area contributed by atoms with Gasteiger partial charge in [-0.3, -0.25) is 9.59 Å². The number of nitrogens with one attached hydrogen (secondary N) is 1. The van der Waals surface area contributed by atoms with E-state index in [9.17, 15) is 9.59 Å². The number of rotatable bonds is 6. The Kier molecular flexibility index (Phi) is 5.36. The van der Waals surface area contributed by atoms with Gasteiger partial charge in [-0.15, -0.1) is 0 Å². The first-order valence-corrected chi connectivity index (χ1v) is 7.87. The number of pyridine rings is 1. The standard InChI is InChI=1S/C18H23NO3/c1-4-5-6-7-8-15-12(2)16-11-14(22-13(3)20)9-10-17(16)19-18(15)21/h9-11H,4-8H2,1-3H3,(H,19,21). The molecule has 0 radical (unpaired) electrons. The number of hydrogen-bond donors (Lipinski definition) is 1. The molecule has 0 aliphatic carbocycles. The van der Waals surface area contributed by atoms with Crippen molar-refractivity contribution in [1.29, 1.82) is 0 Å². The number of aromatic nitrogens is 1. The zero-order valence-corrected chi connectivity index (χ0v) is 13.5. The van der Waals surface area contributed by atoms with E-state index in [4.69, 9.17) is 4.74 Å². The average Bonchev–Trinajstić information content (AvgIpc) is 2.46. The van der Waals surface area contributed by atoms with Gasteiger partial charge in [-0.05, 0) is 43.5 Å². The minimum atomic E-state index is -0.346. The first-order chi connectivity index (χ1) is 10.5. The molecule has 0 saturated carbocycles. The first-order valence-electron chi connectivity index (χ1n) is 7.87. The van der Waals surface area contributed by atoms with Crippen LogP contribution in [0.15, 0.2) is 23.0 Å². The van der Waals surface area contributed by atoms with E-state index in [-0.39, 0.29) is 11.5 Å². The molecule has 0 bridgehead atoms. The second-order valence-electron chi connectivity index (χ2n) is 5.67. The number of ether oxygens (including phenoxy) is 1. The van der Waals surface area contributed by atoms with Gasteiger partial charge in [0.1, 0.15) is 5.75 Å². The number of fused-ring (bicyclic) bond motifs is 1. The number of carbonyl (C=O) groups is 1. The predicted octanol–water partition coefficient (Wildman–Crippen LogP) is 3.88. The molecule has 0 aliphatic rings. The highest BCUT2D eigenvalue weighted by atomic mass is 16.5. The average molecular weight is 301 g/mol. The molecule has 4 nitrogen and oxygen atoms in total. The summed E-state index contributed by atoms with van der Waals surface area (Å²) in [4.78, 5) is 26.2. The summed E-state index contributed by atoms with van der Waals surface area (Å²) in [5.74, 6) is 0.160. The van der Waals surface area contributed by atoms with Crippen molar-refractivity contribution >= 4 is 16.9 Å². The summed E-state index contributed by atoms with van der Waals surface area (Å²) in [5, 5.41) is 0.934. The quantitative estimate of drug-likeness (QED) is 0.500. The maximum absolute atomic E-state index is 12.2. The Bertz CT molecular complexity index is 731. The van der Waals surface area contributed by atoms with Crippen LogP contribution in [-0.4, -0.2) is 11.0 Å². The van der Waals surface area contributed by atoms with Crippen molar-refractivity contribution in [3.8, 4) is 5.75 Å². The minimum absolute atomic E-state index is 0.0123. The van der Waals surface area contributed by atoms with E-state index in [2.05, 4.69) is 11.9 Å². The zero-order valence-electron chi connectivity index (χ0n) is 13.5. The Balaban J connectivity index is 2.36. The fourth-order valence-corrected chi connectivity index (χ4v) is 2.73. The van der Waals surface area contributed by atoms with E-state index >= 15 is 0 Å². The molecule has 118 valence electrons. The molecule has 0 unspecified atom stereocenters. The Morgan fingerprint density at radius 2 is 2.00 bits per heavy atom. The van der Waals surface area contributed by atoms with E-state index in [1.807, 2.05) is 13.0 Å².